The summed E-state index contributed by atoms with van der Waals surface area (Å²) in [7, 11) is 0. The predicted molar refractivity (Wildman–Crippen MR) is 87.9 cm³/mol. The maximum atomic E-state index is 6.73. The number of aryl methyl sites for hydroxylation is 1. The number of nitrogens with one attached hydrogen (secondary N) is 1. The minimum Gasteiger partial charge on any atom is -0.380 e. The van der Waals surface area contributed by atoms with Crippen molar-refractivity contribution in [1.82, 2.24) is 9.97 Å². The Morgan fingerprint density at radius 3 is 2.62 bits per heavy atom. The molecule has 1 aromatic carbocycles. The van der Waals surface area contributed by atoms with Crippen LogP contribution in [0.25, 0.3) is 11.1 Å². The van der Waals surface area contributed by atoms with Crippen molar-refractivity contribution in [3.63, 3.8) is 0 Å². The molecule has 0 fully saturated rings. The van der Waals surface area contributed by atoms with Gasteiger partial charge in [-0.1, -0.05) is 18.5 Å². The Kier molecular flexibility index (Phi) is 3.40. The van der Waals surface area contributed by atoms with Gasteiger partial charge in [0, 0.05) is 34.7 Å². The molecule has 3 nitrogen and oxygen atoms in total. The van der Waals surface area contributed by atoms with Crippen molar-refractivity contribution in [2.45, 2.75) is 45.6 Å². The van der Waals surface area contributed by atoms with E-state index < -0.39 is 0 Å². The first-order chi connectivity index (χ1) is 9.89. The van der Waals surface area contributed by atoms with Gasteiger partial charge in [0.2, 0.25) is 0 Å². The molecule has 2 aromatic rings. The fourth-order valence-corrected chi connectivity index (χ4v) is 3.80. The van der Waals surface area contributed by atoms with Gasteiger partial charge in [-0.15, -0.1) is 0 Å². The molecular weight excluding hydrogens is 282 g/mol. The number of benzene rings is 1. The van der Waals surface area contributed by atoms with E-state index in [9.17, 15) is 0 Å². The lowest BCUT2D eigenvalue weighted by Crippen LogP contribution is -2.37. The van der Waals surface area contributed by atoms with Gasteiger partial charge in [-0.3, -0.25) is 0 Å². The topological polar surface area (TPSA) is 37.8 Å². The van der Waals surface area contributed by atoms with E-state index in [0.717, 1.165) is 22.6 Å². The van der Waals surface area contributed by atoms with Gasteiger partial charge >= 0.3 is 0 Å². The van der Waals surface area contributed by atoms with E-state index in [1.54, 1.807) is 0 Å². The first kappa shape index (κ1) is 14.3. The average Bonchev–Trinajstić information content (AvgIpc) is 2.42. The molecular formula is C17H20ClN3. The van der Waals surface area contributed by atoms with Gasteiger partial charge in [0.15, 0.2) is 0 Å². The molecule has 1 aliphatic heterocycles. The molecule has 0 saturated heterocycles. The fourth-order valence-electron chi connectivity index (χ4n) is 3.35. The summed E-state index contributed by atoms with van der Waals surface area (Å²) in [5, 5.41) is 4.46. The first-order valence-electron chi connectivity index (χ1n) is 7.25. The van der Waals surface area contributed by atoms with E-state index in [0.29, 0.717) is 5.92 Å². The first-order valence-corrected chi connectivity index (χ1v) is 7.63. The van der Waals surface area contributed by atoms with Crippen molar-refractivity contribution in [3.05, 3.63) is 40.9 Å². The molecule has 4 heteroatoms. The molecule has 0 spiro atoms. The molecule has 0 bridgehead atoms. The standard InChI is InChI=1S/C17H20ClN3/c1-10-5-13(12-7-19-9-20-8-12)15(18)14-11(2)6-17(3,4)21-16(10)14/h5,7-9,11,21H,6H2,1-4H3. The van der Waals surface area contributed by atoms with Gasteiger partial charge in [-0.05, 0) is 50.3 Å². The van der Waals surface area contributed by atoms with Crippen molar-refractivity contribution in [2.75, 3.05) is 5.32 Å². The summed E-state index contributed by atoms with van der Waals surface area (Å²) in [5.74, 6) is 0.423. The highest BCUT2D eigenvalue weighted by atomic mass is 35.5. The second-order valence-electron chi connectivity index (χ2n) is 6.58. The number of fused-ring (bicyclic) bond motifs is 1. The van der Waals surface area contributed by atoms with Crippen LogP contribution in [-0.4, -0.2) is 15.5 Å². The predicted octanol–water partition coefficient (Wildman–Crippen LogP) is 4.80. The number of halogens is 1. The summed E-state index contributed by atoms with van der Waals surface area (Å²) in [4.78, 5) is 8.20. The van der Waals surface area contributed by atoms with Crippen LogP contribution in [0.15, 0.2) is 24.8 Å². The van der Waals surface area contributed by atoms with E-state index in [2.05, 4.69) is 49.0 Å². The maximum absolute atomic E-state index is 6.73. The molecule has 0 radical (unpaired) electrons. The Labute approximate surface area is 130 Å². The van der Waals surface area contributed by atoms with Crippen LogP contribution in [0.4, 0.5) is 5.69 Å². The summed E-state index contributed by atoms with van der Waals surface area (Å²) in [6.45, 7) is 8.85. The second kappa shape index (κ2) is 4.99. The van der Waals surface area contributed by atoms with Crippen molar-refractivity contribution in [1.29, 1.82) is 0 Å². The summed E-state index contributed by atoms with van der Waals surface area (Å²) in [6.07, 6.45) is 6.22. The largest absolute Gasteiger partial charge is 0.380 e. The Bertz CT molecular complexity index is 680. The zero-order valence-electron chi connectivity index (χ0n) is 12.9. The summed E-state index contributed by atoms with van der Waals surface area (Å²) >= 11 is 6.73. The van der Waals surface area contributed by atoms with Crippen molar-refractivity contribution in [3.8, 4) is 11.1 Å². The average molecular weight is 302 g/mol. The molecule has 1 aromatic heterocycles. The monoisotopic (exact) mass is 301 g/mol. The summed E-state index contributed by atoms with van der Waals surface area (Å²) in [6, 6.07) is 2.13. The molecule has 110 valence electrons. The number of hydrogen-bond acceptors (Lipinski definition) is 3. The third-order valence-electron chi connectivity index (χ3n) is 4.14. The summed E-state index contributed by atoms with van der Waals surface area (Å²) in [5.41, 5.74) is 5.69. The minimum absolute atomic E-state index is 0.0951. The SMILES string of the molecule is Cc1cc(-c2cncnc2)c(Cl)c2c1NC(C)(C)CC2C. The fraction of sp³-hybridized carbons (Fsp3) is 0.412. The van der Waals surface area contributed by atoms with Gasteiger partial charge in [0.1, 0.15) is 6.33 Å². The minimum atomic E-state index is 0.0951. The van der Waals surface area contributed by atoms with Gasteiger partial charge in [0.05, 0.1) is 5.02 Å². The van der Waals surface area contributed by atoms with Crippen LogP contribution in [0, 0.1) is 6.92 Å². The van der Waals surface area contributed by atoms with E-state index in [-0.39, 0.29) is 5.54 Å². The van der Waals surface area contributed by atoms with Crippen LogP contribution in [0.5, 0.6) is 0 Å². The second-order valence-corrected chi connectivity index (χ2v) is 6.96. The quantitative estimate of drug-likeness (QED) is 0.822. The van der Waals surface area contributed by atoms with E-state index in [1.807, 2.05) is 12.4 Å². The van der Waals surface area contributed by atoms with Gasteiger partial charge in [0.25, 0.3) is 0 Å². The molecule has 0 saturated carbocycles. The number of rotatable bonds is 1. The van der Waals surface area contributed by atoms with E-state index >= 15 is 0 Å². The molecule has 1 atom stereocenters. The Hall–Kier alpha value is -1.61. The highest BCUT2D eigenvalue weighted by molar-refractivity contribution is 6.34. The van der Waals surface area contributed by atoms with Gasteiger partial charge in [-0.2, -0.15) is 0 Å². The normalized spacial score (nSPS) is 19.8. The van der Waals surface area contributed by atoms with Crippen LogP contribution < -0.4 is 5.32 Å². The zero-order valence-corrected chi connectivity index (χ0v) is 13.6. The molecule has 1 N–H and O–H groups in total. The highest BCUT2D eigenvalue weighted by Crippen LogP contribution is 2.47. The number of nitrogens with zero attached hydrogens (tertiary/aromatic N) is 2. The molecule has 1 aliphatic rings. The van der Waals surface area contributed by atoms with Crippen LogP contribution in [0.1, 0.15) is 44.2 Å². The van der Waals surface area contributed by atoms with Gasteiger partial charge < -0.3 is 5.32 Å². The third kappa shape index (κ3) is 2.51. The maximum Gasteiger partial charge on any atom is 0.115 e. The Balaban J connectivity index is 2.21. The Morgan fingerprint density at radius 2 is 1.95 bits per heavy atom. The van der Waals surface area contributed by atoms with Crippen LogP contribution in [0.2, 0.25) is 5.02 Å². The molecule has 0 amide bonds. The number of hydrogen-bond donors (Lipinski definition) is 1. The van der Waals surface area contributed by atoms with Crippen molar-refractivity contribution < 1.29 is 0 Å². The van der Waals surface area contributed by atoms with Crippen molar-refractivity contribution >= 4 is 17.3 Å². The van der Waals surface area contributed by atoms with Crippen LogP contribution in [-0.2, 0) is 0 Å². The van der Waals surface area contributed by atoms with Gasteiger partial charge in [-0.25, -0.2) is 9.97 Å². The number of anilines is 1. The third-order valence-corrected chi connectivity index (χ3v) is 4.55. The lowest BCUT2D eigenvalue weighted by atomic mass is 9.80. The molecule has 3 rings (SSSR count). The number of aromatic nitrogens is 2. The van der Waals surface area contributed by atoms with Crippen molar-refractivity contribution in [2.24, 2.45) is 0 Å². The lowest BCUT2D eigenvalue weighted by molar-refractivity contribution is 0.454. The Morgan fingerprint density at radius 1 is 1.29 bits per heavy atom. The van der Waals surface area contributed by atoms with E-state index in [1.165, 1.54) is 23.1 Å². The smallest absolute Gasteiger partial charge is 0.115 e. The molecule has 0 aliphatic carbocycles. The van der Waals surface area contributed by atoms with Crippen LogP contribution in [0.3, 0.4) is 0 Å². The van der Waals surface area contributed by atoms with Crippen LogP contribution >= 0.6 is 11.6 Å². The summed E-state index contributed by atoms with van der Waals surface area (Å²) < 4.78 is 0. The molecule has 2 heterocycles. The molecule has 21 heavy (non-hydrogen) atoms. The van der Waals surface area contributed by atoms with E-state index in [4.69, 9.17) is 11.6 Å². The lowest BCUT2D eigenvalue weighted by Gasteiger charge is -2.39. The molecule has 1 unspecified atom stereocenters. The highest BCUT2D eigenvalue weighted by Gasteiger charge is 2.32. The zero-order chi connectivity index (χ0) is 15.2.